The maximum Gasteiger partial charge on any atom is 0.303 e. The van der Waals surface area contributed by atoms with Gasteiger partial charge in [0.15, 0.2) is 0 Å². The Kier molecular flexibility index (Phi) is 13.4. The van der Waals surface area contributed by atoms with Crippen LogP contribution in [0.25, 0.3) is 0 Å². The van der Waals surface area contributed by atoms with Crippen LogP contribution in [0.5, 0.6) is 0 Å². The van der Waals surface area contributed by atoms with Crippen molar-refractivity contribution in [1.82, 2.24) is 0 Å². The molecule has 0 spiro atoms. The average molecular weight is 340 g/mol. The molecule has 0 fully saturated rings. The van der Waals surface area contributed by atoms with Gasteiger partial charge in [0, 0.05) is 6.42 Å². The molecule has 96 valence electrons. The molecular formula is C13H25IO2. The highest BCUT2D eigenvalue weighted by Crippen LogP contribution is 2.11. The number of hydrogen-bond donors (Lipinski definition) is 1. The molecule has 0 amide bonds. The molecule has 0 aromatic carbocycles. The van der Waals surface area contributed by atoms with Crippen LogP contribution in [0.3, 0.4) is 0 Å². The Labute approximate surface area is 113 Å². The van der Waals surface area contributed by atoms with Gasteiger partial charge in [-0.25, -0.2) is 0 Å². The van der Waals surface area contributed by atoms with Gasteiger partial charge in [-0.1, -0.05) is 74.0 Å². The minimum absolute atomic E-state index is 0.344. The monoisotopic (exact) mass is 340 g/mol. The average Bonchev–Trinajstić information content (AvgIpc) is 2.25. The third-order valence-corrected chi connectivity index (χ3v) is 3.54. The minimum Gasteiger partial charge on any atom is -0.481 e. The van der Waals surface area contributed by atoms with Crippen molar-refractivity contribution in [2.24, 2.45) is 0 Å². The van der Waals surface area contributed by atoms with Gasteiger partial charge in [-0.05, 0) is 17.3 Å². The van der Waals surface area contributed by atoms with Crippen LogP contribution >= 0.6 is 22.6 Å². The summed E-state index contributed by atoms with van der Waals surface area (Å²) in [5, 5.41) is 8.46. The lowest BCUT2D eigenvalue weighted by Crippen LogP contribution is -1.93. The van der Waals surface area contributed by atoms with E-state index in [9.17, 15) is 4.79 Å². The summed E-state index contributed by atoms with van der Waals surface area (Å²) in [7, 11) is 0. The maximum atomic E-state index is 10.3. The maximum absolute atomic E-state index is 10.3. The van der Waals surface area contributed by atoms with Crippen molar-refractivity contribution in [1.29, 1.82) is 0 Å². The Morgan fingerprint density at radius 2 is 1.12 bits per heavy atom. The van der Waals surface area contributed by atoms with Crippen LogP contribution in [-0.4, -0.2) is 15.5 Å². The Morgan fingerprint density at radius 3 is 1.50 bits per heavy atom. The van der Waals surface area contributed by atoms with Crippen LogP contribution < -0.4 is 0 Å². The van der Waals surface area contributed by atoms with Gasteiger partial charge in [-0.3, -0.25) is 4.79 Å². The second-order valence-electron chi connectivity index (χ2n) is 4.37. The van der Waals surface area contributed by atoms with Gasteiger partial charge in [0.2, 0.25) is 0 Å². The van der Waals surface area contributed by atoms with Gasteiger partial charge in [-0.2, -0.15) is 0 Å². The van der Waals surface area contributed by atoms with Crippen LogP contribution in [0.1, 0.15) is 70.6 Å². The molecule has 0 rings (SSSR count). The predicted octanol–water partition coefficient (Wildman–Crippen LogP) is 4.80. The topological polar surface area (TPSA) is 37.3 Å². The van der Waals surface area contributed by atoms with Crippen molar-refractivity contribution < 1.29 is 9.90 Å². The van der Waals surface area contributed by atoms with Gasteiger partial charge in [0.05, 0.1) is 0 Å². The van der Waals surface area contributed by atoms with E-state index in [1.54, 1.807) is 0 Å². The molecule has 0 aliphatic carbocycles. The summed E-state index contributed by atoms with van der Waals surface area (Å²) in [6.07, 6.45) is 13.0. The molecule has 2 nitrogen and oxygen atoms in total. The summed E-state index contributed by atoms with van der Waals surface area (Å²) in [4.78, 5) is 10.3. The molecule has 0 radical (unpaired) electrons. The van der Waals surface area contributed by atoms with E-state index in [0.717, 1.165) is 12.8 Å². The van der Waals surface area contributed by atoms with E-state index in [1.807, 2.05) is 0 Å². The van der Waals surface area contributed by atoms with Crippen molar-refractivity contribution in [3.05, 3.63) is 0 Å². The first kappa shape index (κ1) is 16.2. The minimum atomic E-state index is -0.657. The smallest absolute Gasteiger partial charge is 0.303 e. The van der Waals surface area contributed by atoms with Crippen molar-refractivity contribution in [3.8, 4) is 0 Å². The zero-order valence-corrected chi connectivity index (χ0v) is 12.4. The first-order chi connectivity index (χ1) is 7.77. The van der Waals surface area contributed by atoms with Crippen LogP contribution in [0.4, 0.5) is 0 Å². The molecule has 0 aromatic heterocycles. The number of halogens is 1. The Morgan fingerprint density at radius 1 is 0.750 bits per heavy atom. The van der Waals surface area contributed by atoms with Crippen LogP contribution in [0.15, 0.2) is 0 Å². The fraction of sp³-hybridized carbons (Fsp3) is 0.923. The van der Waals surface area contributed by atoms with E-state index in [0.29, 0.717) is 6.42 Å². The van der Waals surface area contributed by atoms with E-state index in [1.165, 1.54) is 55.8 Å². The number of alkyl halides is 1. The van der Waals surface area contributed by atoms with Crippen LogP contribution in [0.2, 0.25) is 0 Å². The normalized spacial score (nSPS) is 10.6. The van der Waals surface area contributed by atoms with Crippen molar-refractivity contribution in [2.45, 2.75) is 70.6 Å². The quantitative estimate of drug-likeness (QED) is 0.315. The van der Waals surface area contributed by atoms with Crippen molar-refractivity contribution >= 4 is 28.6 Å². The third kappa shape index (κ3) is 14.2. The molecule has 0 bridgehead atoms. The second-order valence-corrected chi connectivity index (χ2v) is 5.45. The largest absolute Gasteiger partial charge is 0.481 e. The molecule has 0 saturated carbocycles. The summed E-state index contributed by atoms with van der Waals surface area (Å²) < 4.78 is 1.29. The molecule has 0 heterocycles. The SMILES string of the molecule is O=C(O)CCCCCCCCCCCCI. The highest BCUT2D eigenvalue weighted by Gasteiger charge is 1.96. The molecule has 16 heavy (non-hydrogen) atoms. The number of carboxylic acid groups (broad SMARTS) is 1. The van der Waals surface area contributed by atoms with Gasteiger partial charge < -0.3 is 5.11 Å². The van der Waals surface area contributed by atoms with Crippen LogP contribution in [-0.2, 0) is 4.79 Å². The number of unbranched alkanes of at least 4 members (excludes halogenated alkanes) is 9. The molecule has 0 saturated heterocycles. The highest BCUT2D eigenvalue weighted by atomic mass is 127. The van der Waals surface area contributed by atoms with Gasteiger partial charge in [0.25, 0.3) is 0 Å². The van der Waals surface area contributed by atoms with Crippen molar-refractivity contribution in [3.63, 3.8) is 0 Å². The van der Waals surface area contributed by atoms with E-state index < -0.39 is 5.97 Å². The summed E-state index contributed by atoms with van der Waals surface area (Å²) >= 11 is 2.44. The molecule has 0 unspecified atom stereocenters. The summed E-state index contributed by atoms with van der Waals surface area (Å²) in [5.41, 5.74) is 0. The van der Waals surface area contributed by atoms with E-state index >= 15 is 0 Å². The number of rotatable bonds is 12. The fourth-order valence-electron chi connectivity index (χ4n) is 1.78. The third-order valence-electron chi connectivity index (χ3n) is 2.77. The predicted molar refractivity (Wildman–Crippen MR) is 77.3 cm³/mol. The van der Waals surface area contributed by atoms with Gasteiger partial charge >= 0.3 is 5.97 Å². The molecule has 0 aromatic rings. The Balaban J connectivity index is 2.90. The molecule has 0 aliphatic rings. The molecular weight excluding hydrogens is 315 g/mol. The number of carbonyl (C=O) groups is 1. The second kappa shape index (κ2) is 13.3. The highest BCUT2D eigenvalue weighted by molar-refractivity contribution is 14.1. The van der Waals surface area contributed by atoms with Gasteiger partial charge in [0.1, 0.15) is 0 Å². The molecule has 0 aliphatic heterocycles. The number of carboxylic acids is 1. The summed E-state index contributed by atoms with van der Waals surface area (Å²) in [5.74, 6) is -0.657. The lowest BCUT2D eigenvalue weighted by atomic mass is 10.1. The van der Waals surface area contributed by atoms with E-state index in [-0.39, 0.29) is 0 Å². The lowest BCUT2D eigenvalue weighted by Gasteiger charge is -2.01. The lowest BCUT2D eigenvalue weighted by molar-refractivity contribution is -0.137. The summed E-state index contributed by atoms with van der Waals surface area (Å²) in [6, 6.07) is 0. The Hall–Kier alpha value is 0.200. The standard InChI is InChI=1S/C13H25IO2/c14-12-10-8-6-4-2-1-3-5-7-9-11-13(15)16/h1-12H2,(H,15,16). The van der Waals surface area contributed by atoms with Gasteiger partial charge in [-0.15, -0.1) is 0 Å². The zero-order valence-electron chi connectivity index (χ0n) is 10.2. The van der Waals surface area contributed by atoms with Crippen LogP contribution in [0, 0.1) is 0 Å². The van der Waals surface area contributed by atoms with E-state index in [4.69, 9.17) is 5.11 Å². The number of aliphatic carboxylic acids is 1. The molecule has 3 heteroatoms. The molecule has 0 atom stereocenters. The van der Waals surface area contributed by atoms with Crippen molar-refractivity contribution in [2.75, 3.05) is 4.43 Å². The first-order valence-electron chi connectivity index (χ1n) is 6.55. The van der Waals surface area contributed by atoms with E-state index in [2.05, 4.69) is 22.6 Å². The molecule has 1 N–H and O–H groups in total. The first-order valence-corrected chi connectivity index (χ1v) is 8.07. The zero-order chi connectivity index (χ0) is 12.1. The summed E-state index contributed by atoms with van der Waals surface area (Å²) in [6.45, 7) is 0. The fourth-order valence-corrected chi connectivity index (χ4v) is 2.32. The number of hydrogen-bond acceptors (Lipinski definition) is 1. The Bertz CT molecular complexity index is 160.